The standard InChI is InChI=1S/C32H42ClF2N5O4/c1-37(21-32(44)12-6-25(7-13-32)39-14-2-3-24(20-39)29(34)35)15-8-22-9-16-38(17-10-22)30(42)23-4-5-26(33)27(19-23)40-18-11-28(41)36-31(40)43/h2-5,14,19,22,25,29,44H,6-13,15-18,20-21H2,1H3,(H,36,41,43). The van der Waals surface area contributed by atoms with Crippen molar-refractivity contribution in [2.45, 2.75) is 69.4 Å². The van der Waals surface area contributed by atoms with Gasteiger partial charge < -0.3 is 19.8 Å². The van der Waals surface area contributed by atoms with Crippen molar-refractivity contribution in [2.75, 3.05) is 51.2 Å². The summed E-state index contributed by atoms with van der Waals surface area (Å²) in [6.07, 6.45) is 8.41. The van der Waals surface area contributed by atoms with E-state index in [1.807, 2.05) is 23.0 Å². The molecule has 0 radical (unpaired) electrons. The maximum absolute atomic E-state index is 13.3. The first-order valence-corrected chi connectivity index (χ1v) is 15.9. The van der Waals surface area contributed by atoms with Crippen LogP contribution >= 0.6 is 11.6 Å². The highest BCUT2D eigenvalue weighted by atomic mass is 35.5. The highest BCUT2D eigenvalue weighted by molar-refractivity contribution is 6.34. The highest BCUT2D eigenvalue weighted by Gasteiger charge is 2.36. The van der Waals surface area contributed by atoms with Gasteiger partial charge in [-0.3, -0.25) is 19.8 Å². The lowest BCUT2D eigenvalue weighted by atomic mass is 9.81. The van der Waals surface area contributed by atoms with Gasteiger partial charge in [0.2, 0.25) is 5.91 Å². The molecule has 9 nitrogen and oxygen atoms in total. The van der Waals surface area contributed by atoms with Gasteiger partial charge >= 0.3 is 6.03 Å². The number of nitrogens with zero attached hydrogens (tertiary/aromatic N) is 4. The highest BCUT2D eigenvalue weighted by Crippen LogP contribution is 2.34. The number of likely N-dealkylation sites (tertiary alicyclic amines) is 1. The van der Waals surface area contributed by atoms with Gasteiger partial charge in [-0.1, -0.05) is 17.7 Å². The van der Waals surface area contributed by atoms with Crippen LogP contribution in [0, 0.1) is 5.92 Å². The Morgan fingerprint density at radius 2 is 1.89 bits per heavy atom. The van der Waals surface area contributed by atoms with Gasteiger partial charge in [-0.2, -0.15) is 0 Å². The van der Waals surface area contributed by atoms with E-state index in [1.165, 1.54) is 11.0 Å². The predicted molar refractivity (Wildman–Crippen MR) is 165 cm³/mol. The van der Waals surface area contributed by atoms with Crippen molar-refractivity contribution in [3.8, 4) is 0 Å². The molecular weight excluding hydrogens is 592 g/mol. The van der Waals surface area contributed by atoms with E-state index < -0.39 is 18.1 Å². The van der Waals surface area contributed by atoms with Crippen LogP contribution in [-0.4, -0.2) is 102 Å². The summed E-state index contributed by atoms with van der Waals surface area (Å²) >= 11 is 6.34. The molecule has 2 saturated heterocycles. The van der Waals surface area contributed by atoms with Crippen LogP contribution in [0.4, 0.5) is 19.3 Å². The van der Waals surface area contributed by atoms with E-state index in [4.69, 9.17) is 11.6 Å². The number of rotatable bonds is 9. The summed E-state index contributed by atoms with van der Waals surface area (Å²) in [5.74, 6) is 0.0386. The maximum Gasteiger partial charge on any atom is 0.328 e. The number of nitrogens with one attached hydrogen (secondary N) is 1. The van der Waals surface area contributed by atoms with Gasteiger partial charge in [-0.05, 0) is 94.9 Å². The molecule has 0 bridgehead atoms. The fourth-order valence-corrected chi connectivity index (χ4v) is 7.07. The van der Waals surface area contributed by atoms with Gasteiger partial charge in [-0.15, -0.1) is 0 Å². The van der Waals surface area contributed by atoms with E-state index in [0.29, 0.717) is 54.7 Å². The molecule has 1 saturated carbocycles. The Morgan fingerprint density at radius 3 is 2.57 bits per heavy atom. The molecule has 4 aliphatic rings. The third-order valence-electron chi connectivity index (χ3n) is 9.51. The van der Waals surface area contributed by atoms with Crippen molar-refractivity contribution < 1.29 is 28.3 Å². The summed E-state index contributed by atoms with van der Waals surface area (Å²) in [7, 11) is 2.03. The van der Waals surface area contributed by atoms with E-state index >= 15 is 0 Å². The minimum absolute atomic E-state index is 0.105. The van der Waals surface area contributed by atoms with Crippen molar-refractivity contribution in [3.05, 3.63) is 52.7 Å². The zero-order chi connectivity index (χ0) is 31.4. The monoisotopic (exact) mass is 633 g/mol. The van der Waals surface area contributed by atoms with Crippen LogP contribution in [0.25, 0.3) is 0 Å². The molecule has 3 heterocycles. The van der Waals surface area contributed by atoms with Gasteiger partial charge in [0.25, 0.3) is 12.3 Å². The second-order valence-corrected chi connectivity index (χ2v) is 13.1. The Balaban J connectivity index is 1.04. The number of alkyl halides is 2. The normalized spacial score (nSPS) is 25.1. The Kier molecular flexibility index (Phi) is 10.3. The van der Waals surface area contributed by atoms with Crippen LogP contribution in [0.3, 0.4) is 0 Å². The average Bonchev–Trinajstić information content (AvgIpc) is 3.01. The van der Waals surface area contributed by atoms with Crippen LogP contribution in [-0.2, 0) is 4.79 Å². The van der Waals surface area contributed by atoms with Crippen molar-refractivity contribution in [3.63, 3.8) is 0 Å². The number of aliphatic hydroxyl groups is 1. The van der Waals surface area contributed by atoms with Crippen LogP contribution in [0.2, 0.25) is 5.02 Å². The quantitative estimate of drug-likeness (QED) is 0.411. The lowest BCUT2D eigenvalue weighted by Crippen LogP contribution is -2.49. The Labute approximate surface area is 262 Å². The third kappa shape index (κ3) is 7.79. The number of benzene rings is 1. The largest absolute Gasteiger partial charge is 0.389 e. The van der Waals surface area contributed by atoms with Gasteiger partial charge in [0, 0.05) is 56.3 Å². The molecule has 3 fully saturated rings. The summed E-state index contributed by atoms with van der Waals surface area (Å²) in [5.41, 5.74) is 0.240. The predicted octanol–water partition coefficient (Wildman–Crippen LogP) is 4.65. The number of carbonyl (C=O) groups is 3. The van der Waals surface area contributed by atoms with E-state index in [2.05, 4.69) is 10.2 Å². The molecule has 240 valence electrons. The van der Waals surface area contributed by atoms with E-state index in [0.717, 1.165) is 38.6 Å². The Hall–Kier alpha value is -3.02. The number of hydrogen-bond donors (Lipinski definition) is 2. The molecule has 0 unspecified atom stereocenters. The summed E-state index contributed by atoms with van der Waals surface area (Å²) in [4.78, 5) is 44.6. The smallest absolute Gasteiger partial charge is 0.328 e. The lowest BCUT2D eigenvalue weighted by Gasteiger charge is -2.43. The van der Waals surface area contributed by atoms with Crippen LogP contribution < -0.4 is 10.2 Å². The minimum atomic E-state index is -2.44. The average molecular weight is 634 g/mol. The number of piperidine rings is 1. The number of urea groups is 1. The molecule has 5 rings (SSSR count). The summed E-state index contributed by atoms with van der Waals surface area (Å²) < 4.78 is 26.3. The zero-order valence-electron chi connectivity index (χ0n) is 25.2. The minimum Gasteiger partial charge on any atom is -0.389 e. The molecule has 1 aromatic carbocycles. The Morgan fingerprint density at radius 1 is 1.16 bits per heavy atom. The number of halogens is 3. The first-order chi connectivity index (χ1) is 21.0. The molecule has 0 atom stereocenters. The number of anilines is 1. The van der Waals surface area contributed by atoms with Crippen molar-refractivity contribution >= 4 is 35.1 Å². The third-order valence-corrected chi connectivity index (χ3v) is 9.83. The molecule has 12 heteroatoms. The van der Waals surface area contributed by atoms with Crippen molar-refractivity contribution in [1.29, 1.82) is 0 Å². The molecule has 1 aromatic rings. The molecule has 2 N–H and O–H groups in total. The van der Waals surface area contributed by atoms with Gasteiger partial charge in [0.1, 0.15) is 0 Å². The second kappa shape index (κ2) is 14.0. The van der Waals surface area contributed by atoms with Gasteiger partial charge in [0.15, 0.2) is 0 Å². The fourth-order valence-electron chi connectivity index (χ4n) is 6.85. The van der Waals surface area contributed by atoms with Crippen LogP contribution in [0.15, 0.2) is 42.1 Å². The molecular formula is C32H42ClF2N5O4. The van der Waals surface area contributed by atoms with Crippen molar-refractivity contribution in [1.82, 2.24) is 20.0 Å². The maximum atomic E-state index is 13.3. The summed E-state index contributed by atoms with van der Waals surface area (Å²) in [5, 5.41) is 13.9. The summed E-state index contributed by atoms with van der Waals surface area (Å²) in [6.45, 7) is 3.17. The molecule has 0 aromatic heterocycles. The SMILES string of the molecule is CN(CCC1CCN(C(=O)c2ccc(Cl)c(N3CCC(=O)NC3=O)c2)CC1)CC1(O)CCC(N2C=CC=C(C(F)F)C2)CC1. The molecule has 0 spiro atoms. The number of hydrogen-bond acceptors (Lipinski definition) is 6. The fraction of sp³-hybridized carbons (Fsp3) is 0.594. The molecule has 4 amide bonds. The zero-order valence-corrected chi connectivity index (χ0v) is 25.9. The molecule has 3 aliphatic heterocycles. The number of amides is 4. The number of imide groups is 1. The van der Waals surface area contributed by atoms with E-state index in [1.54, 1.807) is 24.3 Å². The van der Waals surface area contributed by atoms with Crippen LogP contribution in [0.1, 0.15) is 61.7 Å². The van der Waals surface area contributed by atoms with E-state index in [9.17, 15) is 28.3 Å². The topological polar surface area (TPSA) is 96.4 Å². The van der Waals surface area contributed by atoms with Crippen LogP contribution in [0.5, 0.6) is 0 Å². The van der Waals surface area contributed by atoms with E-state index in [-0.39, 0.29) is 42.9 Å². The lowest BCUT2D eigenvalue weighted by molar-refractivity contribution is -0.120. The number of allylic oxidation sites excluding steroid dienone is 2. The first kappa shape index (κ1) is 32.4. The molecule has 44 heavy (non-hydrogen) atoms. The number of likely N-dealkylation sites (N-methyl/N-ethyl adjacent to an activating group) is 1. The first-order valence-electron chi connectivity index (χ1n) is 15.5. The Bertz CT molecular complexity index is 1290. The van der Waals surface area contributed by atoms with Gasteiger partial charge in [0.05, 0.1) is 16.3 Å². The second-order valence-electron chi connectivity index (χ2n) is 12.7. The summed E-state index contributed by atoms with van der Waals surface area (Å²) in [6, 6.07) is 4.53. The number of carbonyl (C=O) groups excluding carboxylic acids is 3. The van der Waals surface area contributed by atoms with Gasteiger partial charge in [-0.25, -0.2) is 13.6 Å². The van der Waals surface area contributed by atoms with Crippen molar-refractivity contribution in [2.24, 2.45) is 5.92 Å². The molecule has 1 aliphatic carbocycles.